The van der Waals surface area contributed by atoms with Crippen LogP contribution in [0, 0.1) is 11.8 Å². The predicted molar refractivity (Wildman–Crippen MR) is 90.6 cm³/mol. The SMILES string of the molecule is CC(=O)N(CCO)CN(CCO)C(C)=O.CC1CC1.CC1CC1. The lowest BCUT2D eigenvalue weighted by Crippen LogP contribution is -2.44. The molecule has 0 aliphatic heterocycles. The van der Waals surface area contributed by atoms with Crippen molar-refractivity contribution in [2.45, 2.75) is 53.4 Å². The van der Waals surface area contributed by atoms with Crippen molar-refractivity contribution in [1.82, 2.24) is 9.80 Å². The highest BCUT2D eigenvalue weighted by molar-refractivity contribution is 5.76. The molecule has 2 saturated carbocycles. The fourth-order valence-corrected chi connectivity index (χ4v) is 1.44. The summed E-state index contributed by atoms with van der Waals surface area (Å²) in [6.07, 6.45) is 5.94. The third-order valence-corrected chi connectivity index (χ3v) is 3.70. The average Bonchev–Trinajstić information content (AvgIpc) is 3.39. The number of carbonyl (C=O) groups excluding carboxylic acids is 2. The van der Waals surface area contributed by atoms with Gasteiger partial charge in [0.25, 0.3) is 0 Å². The first-order valence-electron chi connectivity index (χ1n) is 8.54. The Morgan fingerprint density at radius 2 is 1.09 bits per heavy atom. The minimum Gasteiger partial charge on any atom is -0.395 e. The largest absolute Gasteiger partial charge is 0.395 e. The Kier molecular flexibility index (Phi) is 11.7. The van der Waals surface area contributed by atoms with Crippen molar-refractivity contribution < 1.29 is 19.8 Å². The Morgan fingerprint density at radius 1 is 0.826 bits per heavy atom. The Labute approximate surface area is 140 Å². The fraction of sp³-hybridized carbons (Fsp3) is 0.882. The van der Waals surface area contributed by atoms with Gasteiger partial charge in [-0.25, -0.2) is 0 Å². The van der Waals surface area contributed by atoms with Gasteiger partial charge >= 0.3 is 0 Å². The molecule has 2 aliphatic carbocycles. The normalized spacial score (nSPS) is 15.6. The molecule has 0 aromatic rings. The van der Waals surface area contributed by atoms with Gasteiger partial charge in [-0.2, -0.15) is 0 Å². The molecule has 0 heterocycles. The number of rotatable bonds is 6. The first-order valence-corrected chi connectivity index (χ1v) is 8.54. The third kappa shape index (κ3) is 14.2. The van der Waals surface area contributed by atoms with Crippen LogP contribution < -0.4 is 0 Å². The number of amides is 2. The molecule has 6 nitrogen and oxygen atoms in total. The number of aliphatic hydroxyl groups is 2. The number of nitrogens with zero attached hydrogens (tertiary/aromatic N) is 2. The van der Waals surface area contributed by atoms with Crippen LogP contribution in [0.5, 0.6) is 0 Å². The van der Waals surface area contributed by atoms with E-state index in [2.05, 4.69) is 13.8 Å². The second-order valence-electron chi connectivity index (χ2n) is 6.52. The van der Waals surface area contributed by atoms with Gasteiger partial charge in [0.1, 0.15) is 0 Å². The zero-order chi connectivity index (χ0) is 17.8. The van der Waals surface area contributed by atoms with Crippen LogP contribution in [0.15, 0.2) is 0 Å². The van der Waals surface area contributed by atoms with Crippen molar-refractivity contribution in [3.8, 4) is 0 Å². The Balaban J connectivity index is 0.000000478. The molecule has 0 radical (unpaired) electrons. The molecule has 0 aromatic heterocycles. The molecule has 0 aromatic carbocycles. The summed E-state index contributed by atoms with van der Waals surface area (Å²) in [6, 6.07) is 0. The van der Waals surface area contributed by atoms with Crippen LogP contribution in [-0.2, 0) is 9.59 Å². The average molecular weight is 330 g/mol. The van der Waals surface area contributed by atoms with Crippen molar-refractivity contribution in [2.75, 3.05) is 33.0 Å². The van der Waals surface area contributed by atoms with Crippen LogP contribution in [0.25, 0.3) is 0 Å². The lowest BCUT2D eigenvalue weighted by molar-refractivity contribution is -0.138. The summed E-state index contributed by atoms with van der Waals surface area (Å²) in [4.78, 5) is 24.9. The van der Waals surface area contributed by atoms with E-state index < -0.39 is 0 Å². The molecule has 0 unspecified atom stereocenters. The maximum atomic E-state index is 11.1. The van der Waals surface area contributed by atoms with Gasteiger partial charge in [-0.15, -0.1) is 0 Å². The van der Waals surface area contributed by atoms with E-state index in [0.29, 0.717) is 0 Å². The molecule has 2 N–H and O–H groups in total. The molecule has 0 saturated heterocycles. The zero-order valence-electron chi connectivity index (χ0n) is 15.1. The fourth-order valence-electron chi connectivity index (χ4n) is 1.44. The number of carbonyl (C=O) groups is 2. The minimum absolute atomic E-state index is 0.103. The van der Waals surface area contributed by atoms with Crippen LogP contribution in [-0.4, -0.2) is 64.8 Å². The summed E-state index contributed by atoms with van der Waals surface area (Å²) in [7, 11) is 0. The number of aliphatic hydroxyl groups excluding tert-OH is 2. The van der Waals surface area contributed by atoms with Crippen molar-refractivity contribution in [3.05, 3.63) is 0 Å². The lowest BCUT2D eigenvalue weighted by Gasteiger charge is -2.28. The lowest BCUT2D eigenvalue weighted by atomic mass is 10.4. The quantitative estimate of drug-likeness (QED) is 0.723. The summed E-state index contributed by atoms with van der Waals surface area (Å²) in [5.74, 6) is 1.74. The van der Waals surface area contributed by atoms with E-state index in [1.165, 1.54) is 49.3 Å². The van der Waals surface area contributed by atoms with Gasteiger partial charge in [-0.1, -0.05) is 39.5 Å². The molecule has 0 atom stereocenters. The first-order chi connectivity index (χ1) is 10.8. The van der Waals surface area contributed by atoms with Crippen molar-refractivity contribution in [1.29, 1.82) is 0 Å². The van der Waals surface area contributed by atoms with Gasteiger partial charge in [0.05, 0.1) is 19.9 Å². The highest BCUT2D eigenvalue weighted by Crippen LogP contribution is 2.27. The molecule has 0 spiro atoms. The molecule has 2 aliphatic rings. The smallest absolute Gasteiger partial charge is 0.220 e. The Hall–Kier alpha value is -1.14. The van der Waals surface area contributed by atoms with Gasteiger partial charge in [0.15, 0.2) is 0 Å². The summed E-state index contributed by atoms with van der Waals surface area (Å²) < 4.78 is 0. The van der Waals surface area contributed by atoms with Gasteiger partial charge in [0.2, 0.25) is 11.8 Å². The van der Waals surface area contributed by atoms with E-state index in [-0.39, 0.29) is 44.8 Å². The zero-order valence-corrected chi connectivity index (χ0v) is 15.1. The van der Waals surface area contributed by atoms with Crippen LogP contribution >= 0.6 is 0 Å². The van der Waals surface area contributed by atoms with E-state index in [9.17, 15) is 9.59 Å². The van der Waals surface area contributed by atoms with Crippen LogP contribution in [0.2, 0.25) is 0 Å². The summed E-state index contributed by atoms with van der Waals surface area (Å²) >= 11 is 0. The second kappa shape index (κ2) is 12.3. The van der Waals surface area contributed by atoms with Gasteiger partial charge in [-0.3, -0.25) is 9.59 Å². The van der Waals surface area contributed by atoms with Crippen molar-refractivity contribution >= 4 is 11.8 Å². The molecule has 2 fully saturated rings. The van der Waals surface area contributed by atoms with Crippen LogP contribution in [0.3, 0.4) is 0 Å². The maximum absolute atomic E-state index is 11.1. The summed E-state index contributed by atoms with van der Waals surface area (Å²) in [5.41, 5.74) is 0. The summed E-state index contributed by atoms with van der Waals surface area (Å²) in [5, 5.41) is 17.4. The molecule has 2 rings (SSSR count). The summed E-state index contributed by atoms with van der Waals surface area (Å²) in [6.45, 7) is 7.47. The van der Waals surface area contributed by atoms with Gasteiger partial charge < -0.3 is 20.0 Å². The van der Waals surface area contributed by atoms with Crippen LogP contribution in [0.1, 0.15) is 53.4 Å². The minimum atomic E-state index is -0.215. The Morgan fingerprint density at radius 3 is 1.22 bits per heavy atom. The van der Waals surface area contributed by atoms with E-state index in [1.807, 2.05) is 0 Å². The monoisotopic (exact) mass is 330 g/mol. The first kappa shape index (κ1) is 21.9. The van der Waals surface area contributed by atoms with E-state index in [0.717, 1.165) is 11.8 Å². The molecule has 6 heteroatoms. The van der Waals surface area contributed by atoms with Gasteiger partial charge in [0, 0.05) is 26.9 Å². The van der Waals surface area contributed by atoms with Crippen molar-refractivity contribution in [2.24, 2.45) is 11.8 Å². The Bertz CT molecular complexity index is 309. The highest BCUT2D eigenvalue weighted by atomic mass is 16.3. The van der Waals surface area contributed by atoms with E-state index in [1.54, 1.807) is 0 Å². The number of hydrogen-bond acceptors (Lipinski definition) is 4. The maximum Gasteiger partial charge on any atom is 0.220 e. The predicted octanol–water partition coefficient (Wildman–Crippen LogP) is 1.46. The van der Waals surface area contributed by atoms with Crippen LogP contribution in [0.4, 0.5) is 0 Å². The molecule has 0 bridgehead atoms. The van der Waals surface area contributed by atoms with Gasteiger partial charge in [-0.05, 0) is 11.8 Å². The molecule has 2 amide bonds. The molecule has 136 valence electrons. The van der Waals surface area contributed by atoms with E-state index in [4.69, 9.17) is 10.2 Å². The van der Waals surface area contributed by atoms with E-state index >= 15 is 0 Å². The molecular formula is C17H34N2O4. The second-order valence-corrected chi connectivity index (χ2v) is 6.52. The molecule has 23 heavy (non-hydrogen) atoms. The molecular weight excluding hydrogens is 296 g/mol. The third-order valence-electron chi connectivity index (χ3n) is 3.70. The topological polar surface area (TPSA) is 81.1 Å². The standard InChI is InChI=1S/C9H18N2O4.2C4H8/c1-8(14)10(3-5-12)7-11(4-6-13)9(2)15;2*1-4-2-3-4/h12-13H,3-7H2,1-2H3;2*4H,2-3H2,1H3. The number of hydrogen-bond donors (Lipinski definition) is 2. The highest BCUT2D eigenvalue weighted by Gasteiger charge is 2.15. The van der Waals surface area contributed by atoms with Crippen molar-refractivity contribution in [3.63, 3.8) is 0 Å².